The minimum Gasteiger partial charge on any atom is -0.481 e. The number of carbonyl (C=O) groups is 2. The summed E-state index contributed by atoms with van der Waals surface area (Å²) in [5.41, 5.74) is 1.71. The Balaban J connectivity index is 2.33. The van der Waals surface area contributed by atoms with Crippen LogP contribution in [0, 0.1) is 6.92 Å². The van der Waals surface area contributed by atoms with Gasteiger partial charge in [0.15, 0.2) is 0 Å². The molecule has 100 valence electrons. The van der Waals surface area contributed by atoms with Gasteiger partial charge in [0.25, 0.3) is 0 Å². The zero-order chi connectivity index (χ0) is 14.0. The van der Waals surface area contributed by atoms with E-state index in [9.17, 15) is 9.59 Å². The van der Waals surface area contributed by atoms with Crippen molar-refractivity contribution in [1.29, 1.82) is 0 Å². The van der Waals surface area contributed by atoms with Crippen LogP contribution in [0.3, 0.4) is 0 Å². The number of nitrogens with one attached hydrogen (secondary N) is 1. The zero-order valence-electron chi connectivity index (χ0n) is 9.95. The van der Waals surface area contributed by atoms with E-state index < -0.39 is 24.4 Å². The standard InChI is InChI=1S/C11H11N3O4S/c1-5-3-19-9-8(5)12-4-13-10(9)14-6(11(17)18)2-7(15)16/h3-4,6H,2H2,1H3,(H,15,16)(H,17,18)(H,12,13,14). The molecular weight excluding hydrogens is 270 g/mol. The molecule has 0 bridgehead atoms. The van der Waals surface area contributed by atoms with Crippen molar-refractivity contribution in [1.82, 2.24) is 9.97 Å². The average molecular weight is 281 g/mol. The molecule has 0 aliphatic carbocycles. The van der Waals surface area contributed by atoms with Crippen molar-refractivity contribution in [3.63, 3.8) is 0 Å². The van der Waals surface area contributed by atoms with Gasteiger partial charge in [-0.3, -0.25) is 4.79 Å². The largest absolute Gasteiger partial charge is 0.481 e. The van der Waals surface area contributed by atoms with E-state index in [2.05, 4.69) is 15.3 Å². The Morgan fingerprint density at radius 1 is 1.42 bits per heavy atom. The molecule has 0 saturated carbocycles. The lowest BCUT2D eigenvalue weighted by atomic mass is 10.2. The molecule has 8 heteroatoms. The lowest BCUT2D eigenvalue weighted by molar-refractivity contribution is -0.144. The van der Waals surface area contributed by atoms with E-state index in [-0.39, 0.29) is 0 Å². The molecule has 0 aliphatic rings. The Bertz CT molecular complexity index is 640. The van der Waals surface area contributed by atoms with Gasteiger partial charge in [-0.15, -0.1) is 11.3 Å². The van der Waals surface area contributed by atoms with Crippen LogP contribution in [-0.4, -0.2) is 38.2 Å². The van der Waals surface area contributed by atoms with Crippen LogP contribution in [0.5, 0.6) is 0 Å². The van der Waals surface area contributed by atoms with Gasteiger partial charge in [-0.2, -0.15) is 0 Å². The molecule has 3 N–H and O–H groups in total. The Morgan fingerprint density at radius 3 is 2.79 bits per heavy atom. The number of anilines is 1. The van der Waals surface area contributed by atoms with Crippen molar-refractivity contribution >= 4 is 39.3 Å². The second-order valence-electron chi connectivity index (χ2n) is 3.95. The molecule has 0 aliphatic heterocycles. The van der Waals surface area contributed by atoms with Crippen LogP contribution >= 0.6 is 11.3 Å². The molecule has 0 saturated heterocycles. The Hall–Kier alpha value is -2.22. The predicted octanol–water partition coefficient (Wildman–Crippen LogP) is 1.34. The van der Waals surface area contributed by atoms with Crippen molar-refractivity contribution in [2.45, 2.75) is 19.4 Å². The second kappa shape index (κ2) is 5.19. The quantitative estimate of drug-likeness (QED) is 0.758. The fourth-order valence-corrected chi connectivity index (χ4v) is 2.57. The number of rotatable bonds is 5. The minimum atomic E-state index is -1.23. The van der Waals surface area contributed by atoms with Crippen molar-refractivity contribution in [2.24, 2.45) is 0 Å². The Kier molecular flexibility index (Phi) is 3.61. The highest BCUT2D eigenvalue weighted by molar-refractivity contribution is 7.18. The predicted molar refractivity (Wildman–Crippen MR) is 69.5 cm³/mol. The van der Waals surface area contributed by atoms with Crippen molar-refractivity contribution < 1.29 is 19.8 Å². The van der Waals surface area contributed by atoms with Crippen molar-refractivity contribution in [3.05, 3.63) is 17.3 Å². The number of aryl methyl sites for hydroxylation is 1. The molecular formula is C11H11N3O4S. The third-order valence-electron chi connectivity index (χ3n) is 2.52. The van der Waals surface area contributed by atoms with Gasteiger partial charge in [-0.05, 0) is 17.9 Å². The number of thiophene rings is 1. The third-order valence-corrected chi connectivity index (χ3v) is 3.61. The van der Waals surface area contributed by atoms with E-state index in [0.717, 1.165) is 15.8 Å². The first-order chi connectivity index (χ1) is 8.99. The number of nitrogens with zero attached hydrogens (tertiary/aromatic N) is 2. The van der Waals surface area contributed by atoms with Crippen LogP contribution in [0.1, 0.15) is 12.0 Å². The van der Waals surface area contributed by atoms with Gasteiger partial charge < -0.3 is 15.5 Å². The van der Waals surface area contributed by atoms with Crippen molar-refractivity contribution in [3.8, 4) is 0 Å². The smallest absolute Gasteiger partial charge is 0.326 e. The fraction of sp³-hybridized carbons (Fsp3) is 0.273. The first-order valence-corrected chi connectivity index (χ1v) is 6.27. The highest BCUT2D eigenvalue weighted by Crippen LogP contribution is 2.28. The van der Waals surface area contributed by atoms with Crippen LogP contribution in [-0.2, 0) is 9.59 Å². The molecule has 2 aromatic heterocycles. The van der Waals surface area contributed by atoms with Gasteiger partial charge in [0.05, 0.1) is 16.6 Å². The first kappa shape index (κ1) is 13.2. The monoisotopic (exact) mass is 281 g/mol. The molecule has 7 nitrogen and oxygen atoms in total. The van der Waals surface area contributed by atoms with Gasteiger partial charge in [0.1, 0.15) is 18.2 Å². The molecule has 0 amide bonds. The van der Waals surface area contributed by atoms with Gasteiger partial charge in [0.2, 0.25) is 0 Å². The lowest BCUT2D eigenvalue weighted by Crippen LogP contribution is -2.32. The molecule has 19 heavy (non-hydrogen) atoms. The maximum atomic E-state index is 11.0. The summed E-state index contributed by atoms with van der Waals surface area (Å²) in [5.74, 6) is -2.08. The number of fused-ring (bicyclic) bond motifs is 1. The number of carboxylic acids is 2. The van der Waals surface area contributed by atoms with E-state index in [0.29, 0.717) is 5.82 Å². The summed E-state index contributed by atoms with van der Waals surface area (Å²) in [5, 5.41) is 22.2. The summed E-state index contributed by atoms with van der Waals surface area (Å²) < 4.78 is 0.719. The lowest BCUT2D eigenvalue weighted by Gasteiger charge is -2.13. The summed E-state index contributed by atoms with van der Waals surface area (Å²) in [4.78, 5) is 29.7. The van der Waals surface area contributed by atoms with E-state index in [4.69, 9.17) is 10.2 Å². The van der Waals surface area contributed by atoms with E-state index in [1.54, 1.807) is 0 Å². The van der Waals surface area contributed by atoms with Gasteiger partial charge in [-0.1, -0.05) is 0 Å². The van der Waals surface area contributed by atoms with Gasteiger partial charge in [-0.25, -0.2) is 14.8 Å². The molecule has 1 atom stereocenters. The average Bonchev–Trinajstić information content (AvgIpc) is 2.71. The molecule has 1 unspecified atom stereocenters. The van der Waals surface area contributed by atoms with Crippen LogP contribution in [0.2, 0.25) is 0 Å². The van der Waals surface area contributed by atoms with Crippen LogP contribution in [0.4, 0.5) is 5.82 Å². The summed E-state index contributed by atoms with van der Waals surface area (Å²) >= 11 is 1.39. The molecule has 0 spiro atoms. The van der Waals surface area contributed by atoms with Crippen LogP contribution in [0.25, 0.3) is 10.2 Å². The van der Waals surface area contributed by atoms with Crippen LogP contribution in [0.15, 0.2) is 11.7 Å². The maximum Gasteiger partial charge on any atom is 0.326 e. The SMILES string of the molecule is Cc1csc2c(NC(CC(=O)O)C(=O)O)ncnc12. The number of hydrogen-bond donors (Lipinski definition) is 3. The fourth-order valence-electron chi connectivity index (χ4n) is 1.61. The summed E-state index contributed by atoms with van der Waals surface area (Å²) in [7, 11) is 0. The molecule has 2 aromatic rings. The number of aliphatic carboxylic acids is 2. The summed E-state index contributed by atoms with van der Waals surface area (Å²) in [6, 6.07) is -1.22. The third kappa shape index (κ3) is 2.79. The number of carboxylic acid groups (broad SMARTS) is 2. The number of hydrogen-bond acceptors (Lipinski definition) is 6. The Morgan fingerprint density at radius 2 is 2.16 bits per heavy atom. The first-order valence-electron chi connectivity index (χ1n) is 5.39. The molecule has 0 aromatic carbocycles. The van der Waals surface area contributed by atoms with E-state index >= 15 is 0 Å². The normalized spacial score (nSPS) is 12.3. The highest BCUT2D eigenvalue weighted by atomic mass is 32.1. The molecule has 0 fully saturated rings. The van der Waals surface area contributed by atoms with Gasteiger partial charge in [0, 0.05) is 0 Å². The summed E-state index contributed by atoms with van der Waals surface area (Å²) in [6.45, 7) is 1.89. The molecule has 2 heterocycles. The zero-order valence-corrected chi connectivity index (χ0v) is 10.8. The number of aromatic nitrogens is 2. The van der Waals surface area contributed by atoms with Gasteiger partial charge >= 0.3 is 11.9 Å². The van der Waals surface area contributed by atoms with E-state index in [1.165, 1.54) is 17.7 Å². The maximum absolute atomic E-state index is 11.0. The van der Waals surface area contributed by atoms with E-state index in [1.807, 2.05) is 12.3 Å². The second-order valence-corrected chi connectivity index (χ2v) is 4.83. The minimum absolute atomic E-state index is 0.344. The highest BCUT2D eigenvalue weighted by Gasteiger charge is 2.22. The van der Waals surface area contributed by atoms with Crippen molar-refractivity contribution in [2.75, 3.05) is 5.32 Å². The van der Waals surface area contributed by atoms with Crippen LogP contribution < -0.4 is 5.32 Å². The molecule has 2 rings (SSSR count). The molecule has 0 radical (unpaired) electrons. The summed E-state index contributed by atoms with van der Waals surface area (Å²) in [6.07, 6.45) is 0.801. The topological polar surface area (TPSA) is 112 Å². The Labute approximate surface area is 111 Å².